The molecule has 28 heavy (non-hydrogen) atoms. The minimum Gasteiger partial charge on any atom is -0.390 e. The summed E-state index contributed by atoms with van der Waals surface area (Å²) in [5.41, 5.74) is -0.453. The lowest BCUT2D eigenvalue weighted by molar-refractivity contribution is -0.00899. The molecule has 3 fully saturated rings. The summed E-state index contributed by atoms with van der Waals surface area (Å²) >= 11 is 0. The second kappa shape index (κ2) is 8.95. The van der Waals surface area contributed by atoms with Crippen molar-refractivity contribution in [3.8, 4) is 0 Å². The van der Waals surface area contributed by atoms with E-state index in [0.29, 0.717) is 12.1 Å². The van der Waals surface area contributed by atoms with Gasteiger partial charge in [0.1, 0.15) is 5.82 Å². The Morgan fingerprint density at radius 1 is 1.04 bits per heavy atom. The van der Waals surface area contributed by atoms with Crippen molar-refractivity contribution in [2.24, 2.45) is 0 Å². The molecule has 3 aliphatic rings. The van der Waals surface area contributed by atoms with Crippen LogP contribution in [0.3, 0.4) is 0 Å². The highest BCUT2D eigenvalue weighted by atomic mass is 16.3. The number of likely N-dealkylation sites (tertiary alicyclic amines) is 1. The van der Waals surface area contributed by atoms with Crippen molar-refractivity contribution in [2.75, 3.05) is 36.4 Å². The van der Waals surface area contributed by atoms with Crippen LogP contribution in [0.1, 0.15) is 71.1 Å². The first kappa shape index (κ1) is 19.9. The number of aromatic nitrogens is 2. The zero-order valence-electron chi connectivity index (χ0n) is 17.4. The maximum atomic E-state index is 10.2. The molecule has 3 heterocycles. The van der Waals surface area contributed by atoms with Crippen molar-refractivity contribution in [3.63, 3.8) is 0 Å². The predicted molar refractivity (Wildman–Crippen MR) is 114 cm³/mol. The molecule has 2 N–H and O–H groups in total. The van der Waals surface area contributed by atoms with E-state index in [1.807, 2.05) is 13.1 Å². The molecule has 0 spiro atoms. The number of piperidine rings is 1. The molecular weight excluding hydrogens is 350 g/mol. The van der Waals surface area contributed by atoms with Gasteiger partial charge in [-0.1, -0.05) is 12.8 Å². The van der Waals surface area contributed by atoms with E-state index in [1.165, 1.54) is 45.1 Å². The number of aliphatic hydroxyl groups is 1. The van der Waals surface area contributed by atoms with E-state index in [4.69, 9.17) is 4.98 Å². The Kier molecular flexibility index (Phi) is 6.36. The van der Waals surface area contributed by atoms with E-state index in [9.17, 15) is 5.11 Å². The Labute approximate surface area is 169 Å². The topological polar surface area (TPSA) is 64.5 Å². The standard InChI is InChI=1S/C22H37N5O/c1-22(28)11-8-19(9-12-22)27-16-6-7-18(17-27)24-21-23-13-10-20(25-21)26-14-4-2-3-5-15-26/h10,13,18-19,28H,2-9,11-12,14-17H2,1H3,(H,23,24,25)/t18-,19?,22?/m0/s1. The molecule has 1 saturated carbocycles. The Bertz CT molecular complexity index is 619. The van der Waals surface area contributed by atoms with Crippen LogP contribution in [0.4, 0.5) is 11.8 Å². The molecule has 0 amide bonds. The Morgan fingerprint density at radius 3 is 2.54 bits per heavy atom. The fourth-order valence-corrected chi connectivity index (χ4v) is 5.12. The molecular formula is C22H37N5O. The van der Waals surface area contributed by atoms with Gasteiger partial charge in [0, 0.05) is 37.9 Å². The summed E-state index contributed by atoms with van der Waals surface area (Å²) in [6, 6.07) is 3.09. The van der Waals surface area contributed by atoms with Gasteiger partial charge in [0.2, 0.25) is 5.95 Å². The molecule has 2 saturated heterocycles. The summed E-state index contributed by atoms with van der Waals surface area (Å²) in [6.07, 6.45) is 13.6. The summed E-state index contributed by atoms with van der Waals surface area (Å²) in [5, 5.41) is 13.9. The van der Waals surface area contributed by atoms with E-state index < -0.39 is 5.60 Å². The average Bonchev–Trinajstić information content (AvgIpc) is 2.98. The molecule has 156 valence electrons. The van der Waals surface area contributed by atoms with Crippen molar-refractivity contribution in [1.29, 1.82) is 0 Å². The highest BCUT2D eigenvalue weighted by Crippen LogP contribution is 2.32. The summed E-state index contributed by atoms with van der Waals surface area (Å²) in [4.78, 5) is 14.4. The van der Waals surface area contributed by atoms with Gasteiger partial charge in [0.15, 0.2) is 0 Å². The third kappa shape index (κ3) is 5.15. The van der Waals surface area contributed by atoms with Crippen molar-refractivity contribution in [2.45, 2.75) is 88.8 Å². The number of nitrogens with zero attached hydrogens (tertiary/aromatic N) is 4. The molecule has 6 nitrogen and oxygen atoms in total. The van der Waals surface area contributed by atoms with E-state index in [2.05, 4.69) is 26.2 Å². The molecule has 1 aliphatic carbocycles. The molecule has 6 heteroatoms. The van der Waals surface area contributed by atoms with Crippen LogP contribution in [0.2, 0.25) is 0 Å². The molecule has 1 atom stereocenters. The number of rotatable bonds is 4. The molecule has 4 rings (SSSR count). The van der Waals surface area contributed by atoms with Crippen LogP contribution in [-0.4, -0.2) is 63.8 Å². The van der Waals surface area contributed by atoms with Gasteiger partial charge in [-0.2, -0.15) is 4.98 Å². The third-order valence-corrected chi connectivity index (χ3v) is 6.91. The number of nitrogens with one attached hydrogen (secondary N) is 1. The van der Waals surface area contributed by atoms with Gasteiger partial charge in [-0.05, 0) is 70.9 Å². The second-order valence-corrected chi connectivity index (χ2v) is 9.35. The van der Waals surface area contributed by atoms with Crippen molar-refractivity contribution < 1.29 is 5.11 Å². The third-order valence-electron chi connectivity index (χ3n) is 6.91. The van der Waals surface area contributed by atoms with Crippen LogP contribution in [-0.2, 0) is 0 Å². The van der Waals surface area contributed by atoms with Crippen LogP contribution in [0.5, 0.6) is 0 Å². The highest BCUT2D eigenvalue weighted by Gasteiger charge is 2.33. The maximum absolute atomic E-state index is 10.2. The van der Waals surface area contributed by atoms with Crippen LogP contribution in [0.15, 0.2) is 12.3 Å². The van der Waals surface area contributed by atoms with Gasteiger partial charge < -0.3 is 15.3 Å². The van der Waals surface area contributed by atoms with E-state index in [1.54, 1.807) is 0 Å². The largest absolute Gasteiger partial charge is 0.390 e. The number of hydrogen-bond donors (Lipinski definition) is 2. The zero-order chi connectivity index (χ0) is 19.4. The lowest BCUT2D eigenvalue weighted by atomic mass is 9.82. The van der Waals surface area contributed by atoms with Gasteiger partial charge in [-0.3, -0.25) is 4.90 Å². The van der Waals surface area contributed by atoms with Gasteiger partial charge in [-0.15, -0.1) is 0 Å². The smallest absolute Gasteiger partial charge is 0.224 e. The molecule has 2 aliphatic heterocycles. The SMILES string of the molecule is CC1(O)CCC(N2CCC[C@H](Nc3nccc(N4CCCCCC4)n3)C2)CC1. The van der Waals surface area contributed by atoms with E-state index in [0.717, 1.165) is 57.1 Å². The van der Waals surface area contributed by atoms with Crippen LogP contribution in [0, 0.1) is 0 Å². The van der Waals surface area contributed by atoms with Crippen LogP contribution < -0.4 is 10.2 Å². The second-order valence-electron chi connectivity index (χ2n) is 9.35. The Morgan fingerprint density at radius 2 is 1.79 bits per heavy atom. The normalized spacial score (nSPS) is 32.7. The first-order valence-corrected chi connectivity index (χ1v) is 11.4. The van der Waals surface area contributed by atoms with Crippen molar-refractivity contribution >= 4 is 11.8 Å². The van der Waals surface area contributed by atoms with E-state index >= 15 is 0 Å². The molecule has 0 aromatic carbocycles. The van der Waals surface area contributed by atoms with Gasteiger partial charge in [0.25, 0.3) is 0 Å². The maximum Gasteiger partial charge on any atom is 0.224 e. The van der Waals surface area contributed by atoms with Gasteiger partial charge >= 0.3 is 0 Å². The van der Waals surface area contributed by atoms with Crippen molar-refractivity contribution in [1.82, 2.24) is 14.9 Å². The van der Waals surface area contributed by atoms with Crippen LogP contribution >= 0.6 is 0 Å². The Balaban J connectivity index is 1.34. The quantitative estimate of drug-likeness (QED) is 0.825. The summed E-state index contributed by atoms with van der Waals surface area (Å²) < 4.78 is 0. The highest BCUT2D eigenvalue weighted by molar-refractivity contribution is 5.43. The minimum absolute atomic E-state index is 0.413. The molecule has 1 aromatic heterocycles. The summed E-state index contributed by atoms with van der Waals surface area (Å²) in [7, 11) is 0. The van der Waals surface area contributed by atoms with Gasteiger partial charge in [0.05, 0.1) is 5.60 Å². The monoisotopic (exact) mass is 387 g/mol. The lowest BCUT2D eigenvalue weighted by Gasteiger charge is -2.43. The Hall–Kier alpha value is -1.40. The molecule has 0 bridgehead atoms. The minimum atomic E-state index is -0.453. The van der Waals surface area contributed by atoms with Crippen molar-refractivity contribution in [3.05, 3.63) is 12.3 Å². The molecule has 1 aromatic rings. The van der Waals surface area contributed by atoms with Crippen LogP contribution in [0.25, 0.3) is 0 Å². The number of anilines is 2. The number of hydrogen-bond acceptors (Lipinski definition) is 6. The summed E-state index contributed by atoms with van der Waals surface area (Å²) in [6.45, 7) is 6.44. The predicted octanol–water partition coefficient (Wildman–Crippen LogP) is 3.43. The average molecular weight is 388 g/mol. The zero-order valence-corrected chi connectivity index (χ0v) is 17.4. The lowest BCUT2D eigenvalue weighted by Crippen LogP contribution is -2.49. The molecule has 0 unspecified atom stereocenters. The van der Waals surface area contributed by atoms with E-state index in [-0.39, 0.29) is 0 Å². The first-order chi connectivity index (χ1) is 13.6. The molecule has 0 radical (unpaired) electrons. The fourth-order valence-electron chi connectivity index (χ4n) is 5.12. The summed E-state index contributed by atoms with van der Waals surface area (Å²) in [5.74, 6) is 1.85. The fraction of sp³-hybridized carbons (Fsp3) is 0.818. The first-order valence-electron chi connectivity index (χ1n) is 11.4. The van der Waals surface area contributed by atoms with Gasteiger partial charge in [-0.25, -0.2) is 4.98 Å².